The predicted molar refractivity (Wildman–Crippen MR) is 337 cm³/mol. The van der Waals surface area contributed by atoms with Crippen LogP contribution in [0.4, 0.5) is 0 Å². The van der Waals surface area contributed by atoms with Crippen molar-refractivity contribution in [2.45, 2.75) is 103 Å². The standard InChI is InChI=1S/C68H86N6O19/c1-2-68(85)56-42-58-65-55(45-74(58)67(84)54(56)13-15-59(68)78)53-10-6-9-52-47(11-14-57(72-65)64(52)53)40-50(76)44-71-66(83)48(39-46-7-4-3-5-8-46)41-51(77)43-70-60(79)16-12-49(75)20-23-86-25-27-88-29-31-90-33-35-92-37-38-93-36-34-91-32-30-89-28-26-87-24-21-69-61(80)19-22-73-62(81)17-18-63(73)82/h3-5,7-8,11,14,17-18,42,48,85H,2,6,9-10,12-13,15-16,19-41,43-45H2,1H3,(H,69,80)(H,70,79)(H,71,83)/t48-,68+/m1/s1. The number of imide groups is 1. The number of carbonyl (C=O) groups excluding carboxylic acids is 9. The van der Waals surface area contributed by atoms with Crippen molar-refractivity contribution in [3.05, 3.63) is 110 Å². The van der Waals surface area contributed by atoms with E-state index in [-0.39, 0.29) is 132 Å². The van der Waals surface area contributed by atoms with Crippen molar-refractivity contribution in [3.63, 3.8) is 0 Å². The normalized spacial score (nSPS) is 15.7. The van der Waals surface area contributed by atoms with Crippen LogP contribution in [-0.2, 0) is 125 Å². The summed E-state index contributed by atoms with van der Waals surface area (Å²) >= 11 is 0. The number of benzene rings is 2. The summed E-state index contributed by atoms with van der Waals surface area (Å²) in [7, 11) is 0. The first-order valence-electron chi connectivity index (χ1n) is 32.2. The van der Waals surface area contributed by atoms with Crippen molar-refractivity contribution in [2.75, 3.05) is 132 Å². The summed E-state index contributed by atoms with van der Waals surface area (Å²) in [6.07, 6.45) is 5.30. The molecule has 93 heavy (non-hydrogen) atoms. The van der Waals surface area contributed by atoms with Gasteiger partial charge in [0.25, 0.3) is 17.4 Å². The number of aryl methyl sites for hydroxylation is 2. The summed E-state index contributed by atoms with van der Waals surface area (Å²) in [4.78, 5) is 134. The third-order valence-electron chi connectivity index (χ3n) is 16.7. The molecule has 25 nitrogen and oxygen atoms in total. The molecular weight excluding hydrogens is 1200 g/mol. The third-order valence-corrected chi connectivity index (χ3v) is 16.7. The number of carbonyl (C=O) groups is 9. The highest BCUT2D eigenvalue weighted by atomic mass is 16.6. The maximum absolute atomic E-state index is 13.9. The highest BCUT2D eigenvalue weighted by Crippen LogP contribution is 2.43. The van der Waals surface area contributed by atoms with Crippen molar-refractivity contribution in [2.24, 2.45) is 5.92 Å². The number of Topliss-reactive ketones (excluding diaryl/α,β-unsaturated/α-hetero) is 4. The molecule has 25 heteroatoms. The molecule has 0 unspecified atom stereocenters. The number of hydrogen-bond acceptors (Lipinski definition) is 20. The smallest absolute Gasteiger partial charge is 0.254 e. The van der Waals surface area contributed by atoms with Crippen molar-refractivity contribution >= 4 is 63.6 Å². The second-order valence-electron chi connectivity index (χ2n) is 23.1. The van der Waals surface area contributed by atoms with Gasteiger partial charge < -0.3 is 63.5 Å². The zero-order valence-corrected chi connectivity index (χ0v) is 53.0. The fourth-order valence-corrected chi connectivity index (χ4v) is 11.8. The lowest BCUT2D eigenvalue weighted by atomic mass is 9.77. The van der Waals surface area contributed by atoms with Gasteiger partial charge in [0, 0.05) is 98.2 Å². The summed E-state index contributed by atoms with van der Waals surface area (Å²) < 4.78 is 45.6. The maximum atomic E-state index is 13.9. The minimum absolute atomic E-state index is 0.0274. The Morgan fingerprint density at radius 1 is 0.591 bits per heavy atom. The van der Waals surface area contributed by atoms with E-state index in [4.69, 9.17) is 42.9 Å². The first-order valence-corrected chi connectivity index (χ1v) is 32.2. The number of pyridine rings is 2. The number of ether oxygens (including phenoxy) is 8. The Bertz CT molecular complexity index is 3370. The van der Waals surface area contributed by atoms with Crippen LogP contribution in [0.1, 0.15) is 97.2 Å². The second-order valence-corrected chi connectivity index (χ2v) is 23.1. The number of amides is 5. The van der Waals surface area contributed by atoms with E-state index < -0.39 is 35.1 Å². The highest BCUT2D eigenvalue weighted by Gasteiger charge is 2.43. The van der Waals surface area contributed by atoms with E-state index in [9.17, 15) is 53.1 Å². The maximum Gasteiger partial charge on any atom is 0.254 e. The number of nitrogens with zero attached hydrogens (tertiary/aromatic N) is 3. The Morgan fingerprint density at radius 2 is 1.17 bits per heavy atom. The van der Waals surface area contributed by atoms with Gasteiger partial charge in [-0.15, -0.1) is 0 Å². The molecule has 4 aliphatic rings. The van der Waals surface area contributed by atoms with E-state index >= 15 is 0 Å². The van der Waals surface area contributed by atoms with Gasteiger partial charge in [0.05, 0.1) is 142 Å². The average Bonchev–Trinajstić information content (AvgIpc) is 1.62. The summed E-state index contributed by atoms with van der Waals surface area (Å²) in [6.45, 7) is 7.51. The molecule has 502 valence electrons. The van der Waals surface area contributed by atoms with Crippen LogP contribution in [0.15, 0.2) is 65.5 Å². The molecule has 5 amide bonds. The number of rotatable bonds is 45. The lowest BCUT2D eigenvalue weighted by Gasteiger charge is -2.32. The lowest BCUT2D eigenvalue weighted by Crippen LogP contribution is -2.43. The Kier molecular flexibility index (Phi) is 28.2. The average molecular weight is 1290 g/mol. The molecule has 2 aromatic heterocycles. The summed E-state index contributed by atoms with van der Waals surface area (Å²) in [6, 6.07) is 14.8. The summed E-state index contributed by atoms with van der Waals surface area (Å²) in [5.41, 5.74) is 5.58. The molecule has 4 heterocycles. The van der Waals surface area contributed by atoms with Gasteiger partial charge >= 0.3 is 0 Å². The number of hydrogen-bond donors (Lipinski definition) is 4. The number of fused-ring (bicyclic) bond motifs is 5. The van der Waals surface area contributed by atoms with E-state index in [0.717, 1.165) is 62.9 Å². The monoisotopic (exact) mass is 1290 g/mol. The van der Waals surface area contributed by atoms with E-state index in [1.54, 1.807) is 17.6 Å². The zero-order chi connectivity index (χ0) is 66.0. The minimum Gasteiger partial charge on any atom is -0.379 e. The van der Waals surface area contributed by atoms with Gasteiger partial charge in [0.1, 0.15) is 11.4 Å². The van der Waals surface area contributed by atoms with Crippen LogP contribution in [0.25, 0.3) is 22.3 Å². The van der Waals surface area contributed by atoms with Crippen molar-refractivity contribution < 1.29 is 86.2 Å². The van der Waals surface area contributed by atoms with Gasteiger partial charge in [-0.2, -0.15) is 0 Å². The quantitative estimate of drug-likeness (QED) is 0.0321. The third kappa shape index (κ3) is 20.7. The van der Waals surface area contributed by atoms with E-state index in [1.165, 1.54) is 12.2 Å². The number of ketones is 4. The largest absolute Gasteiger partial charge is 0.379 e. The molecule has 0 bridgehead atoms. The van der Waals surface area contributed by atoms with Gasteiger partial charge in [-0.05, 0) is 72.9 Å². The first kappa shape index (κ1) is 71.3. The Morgan fingerprint density at radius 3 is 1.80 bits per heavy atom. The van der Waals surface area contributed by atoms with E-state index in [1.807, 2.05) is 42.5 Å². The van der Waals surface area contributed by atoms with Crippen LogP contribution < -0.4 is 21.5 Å². The van der Waals surface area contributed by atoms with Gasteiger partial charge in [-0.25, -0.2) is 4.98 Å². The summed E-state index contributed by atoms with van der Waals surface area (Å²) in [5.74, 6) is -3.94. The van der Waals surface area contributed by atoms with Crippen LogP contribution in [-0.4, -0.2) is 204 Å². The Labute approximate surface area is 539 Å². The number of nitrogens with one attached hydrogen (secondary N) is 3. The van der Waals surface area contributed by atoms with E-state index in [0.29, 0.717) is 128 Å². The Balaban J connectivity index is 0.617. The summed E-state index contributed by atoms with van der Waals surface area (Å²) in [5, 5.41) is 20.5. The lowest BCUT2D eigenvalue weighted by molar-refractivity contribution is -0.140. The molecule has 0 saturated heterocycles. The Hall–Kier alpha value is -7.59. The van der Waals surface area contributed by atoms with Crippen molar-refractivity contribution in [3.8, 4) is 11.4 Å². The fraction of sp³-hybridized carbons (Fsp3) is 0.544. The van der Waals surface area contributed by atoms with Gasteiger partial charge in [0.2, 0.25) is 17.7 Å². The van der Waals surface area contributed by atoms with Crippen molar-refractivity contribution in [1.82, 2.24) is 30.4 Å². The molecule has 0 fully saturated rings. The molecule has 4 aromatic rings. The fourth-order valence-electron chi connectivity index (χ4n) is 11.8. The van der Waals surface area contributed by atoms with Crippen LogP contribution in [0.3, 0.4) is 0 Å². The predicted octanol–water partition coefficient (Wildman–Crippen LogP) is 2.49. The molecule has 8 rings (SSSR count). The van der Waals surface area contributed by atoms with Gasteiger partial charge in [-0.3, -0.25) is 52.8 Å². The van der Waals surface area contributed by atoms with Crippen molar-refractivity contribution in [1.29, 1.82) is 0 Å². The molecule has 2 aliphatic carbocycles. The van der Waals surface area contributed by atoms with Gasteiger partial charge in [0.15, 0.2) is 17.3 Å². The highest BCUT2D eigenvalue weighted by molar-refractivity contribution is 6.13. The minimum atomic E-state index is -1.72. The molecule has 2 aromatic carbocycles. The second kappa shape index (κ2) is 36.8. The number of aliphatic hydroxyl groups is 1. The molecule has 0 radical (unpaired) electrons. The molecular formula is C68H86N6O19. The zero-order valence-electron chi connectivity index (χ0n) is 53.0. The topological polar surface area (TPSA) is 322 Å². The van der Waals surface area contributed by atoms with E-state index in [2.05, 4.69) is 16.0 Å². The SMILES string of the molecule is CC[C@@]1(O)C(=O)CCc2c1cc1n(c2=O)Cc2c-1nc1ccc(CC(=O)CNC(=O)[C@@H](CC(=O)CNC(=O)CCC(=O)CCOCCOCCOCCOCCOCCOCCOCCOCCNC(=O)CCN3C(=O)C=CC3=O)Cc3ccccc3)c3c1c2CCC3. The van der Waals surface area contributed by atoms with Crippen LogP contribution in [0.2, 0.25) is 0 Å². The van der Waals surface area contributed by atoms with Crippen LogP contribution in [0, 0.1) is 5.92 Å². The van der Waals surface area contributed by atoms with Crippen LogP contribution >= 0.6 is 0 Å². The molecule has 2 atom stereocenters. The first-order chi connectivity index (χ1) is 45.1. The molecule has 4 N–H and O–H groups in total. The molecule has 0 saturated carbocycles. The molecule has 0 spiro atoms. The van der Waals surface area contributed by atoms with Crippen LogP contribution in [0.5, 0.6) is 0 Å². The van der Waals surface area contributed by atoms with Gasteiger partial charge in [-0.1, -0.05) is 43.3 Å². The number of aromatic nitrogens is 2. The molecule has 2 aliphatic heterocycles.